The molecule has 0 saturated heterocycles. The zero-order valence-electron chi connectivity index (χ0n) is 11.1. The van der Waals surface area contributed by atoms with Crippen molar-refractivity contribution in [2.75, 3.05) is 7.11 Å². The summed E-state index contributed by atoms with van der Waals surface area (Å²) in [4.78, 5) is 11.4. The molecule has 7 heteroatoms. The molecule has 0 unspecified atom stereocenters. The lowest BCUT2D eigenvalue weighted by molar-refractivity contribution is 0.0998. The van der Waals surface area contributed by atoms with Gasteiger partial charge in [-0.15, -0.1) is 0 Å². The molecule has 110 valence electrons. The van der Waals surface area contributed by atoms with E-state index in [1.165, 1.54) is 37.4 Å². The fourth-order valence-corrected chi connectivity index (χ4v) is 2.68. The van der Waals surface area contributed by atoms with Gasteiger partial charge in [0.15, 0.2) is 11.5 Å². The van der Waals surface area contributed by atoms with Crippen molar-refractivity contribution in [3.63, 3.8) is 0 Å². The Kier molecular flexibility index (Phi) is 4.13. The number of carbonyl (C=O) groups is 1. The van der Waals surface area contributed by atoms with E-state index in [9.17, 15) is 13.2 Å². The maximum atomic E-state index is 12.2. The molecule has 0 aliphatic heterocycles. The van der Waals surface area contributed by atoms with E-state index in [-0.39, 0.29) is 22.0 Å². The highest BCUT2D eigenvalue weighted by atomic mass is 32.2. The first-order chi connectivity index (χ1) is 9.95. The molecule has 6 nitrogen and oxygen atoms in total. The maximum absolute atomic E-state index is 12.2. The standard InChI is InChI=1S/C14H13NO5S/c1-19-12-9-5-8-11(14(15)16)13(12)20-21(17,18)10-6-3-2-4-7-10/h2-9H,1H3,(H2,15,16). The minimum atomic E-state index is -4.09. The SMILES string of the molecule is COc1cccc(C(N)=O)c1OS(=O)(=O)c1ccccc1. The highest BCUT2D eigenvalue weighted by molar-refractivity contribution is 7.87. The minimum absolute atomic E-state index is 0.0358. The van der Waals surface area contributed by atoms with Crippen LogP contribution < -0.4 is 14.7 Å². The number of para-hydroxylation sites is 1. The number of methoxy groups -OCH3 is 1. The number of hydrogen-bond acceptors (Lipinski definition) is 5. The van der Waals surface area contributed by atoms with Crippen LogP contribution in [0.2, 0.25) is 0 Å². The Labute approximate surface area is 122 Å². The molecule has 0 bridgehead atoms. The van der Waals surface area contributed by atoms with Crippen LogP contribution in [0.25, 0.3) is 0 Å². The van der Waals surface area contributed by atoms with Crippen LogP contribution in [0.3, 0.4) is 0 Å². The van der Waals surface area contributed by atoms with E-state index in [1.807, 2.05) is 0 Å². The van der Waals surface area contributed by atoms with Gasteiger partial charge in [-0.1, -0.05) is 24.3 Å². The highest BCUT2D eigenvalue weighted by Gasteiger charge is 2.23. The lowest BCUT2D eigenvalue weighted by atomic mass is 10.2. The van der Waals surface area contributed by atoms with Crippen molar-refractivity contribution in [3.05, 3.63) is 54.1 Å². The Morgan fingerprint density at radius 2 is 1.71 bits per heavy atom. The largest absolute Gasteiger partial charge is 0.493 e. The topological polar surface area (TPSA) is 95.7 Å². The summed E-state index contributed by atoms with van der Waals surface area (Å²) in [6, 6.07) is 11.9. The number of ether oxygens (including phenoxy) is 1. The molecule has 0 fully saturated rings. The third kappa shape index (κ3) is 3.14. The molecule has 0 heterocycles. The van der Waals surface area contributed by atoms with E-state index in [1.54, 1.807) is 18.2 Å². The van der Waals surface area contributed by atoms with Gasteiger partial charge in [0.1, 0.15) is 4.90 Å². The maximum Gasteiger partial charge on any atom is 0.339 e. The summed E-state index contributed by atoms with van der Waals surface area (Å²) in [6.07, 6.45) is 0. The van der Waals surface area contributed by atoms with Crippen LogP contribution in [0.5, 0.6) is 11.5 Å². The molecule has 0 aliphatic carbocycles. The van der Waals surface area contributed by atoms with Crippen molar-refractivity contribution in [2.24, 2.45) is 5.73 Å². The monoisotopic (exact) mass is 307 g/mol. The van der Waals surface area contributed by atoms with E-state index in [2.05, 4.69) is 0 Å². The highest BCUT2D eigenvalue weighted by Crippen LogP contribution is 2.33. The summed E-state index contributed by atoms with van der Waals surface area (Å²) in [7, 11) is -2.75. The van der Waals surface area contributed by atoms with Crippen LogP contribution in [0.15, 0.2) is 53.4 Å². The van der Waals surface area contributed by atoms with E-state index < -0.39 is 16.0 Å². The molecule has 2 N–H and O–H groups in total. The molecule has 0 spiro atoms. The van der Waals surface area contributed by atoms with Crippen LogP contribution >= 0.6 is 0 Å². The molecule has 21 heavy (non-hydrogen) atoms. The average molecular weight is 307 g/mol. The molecule has 2 rings (SSSR count). The van der Waals surface area contributed by atoms with Crippen LogP contribution in [-0.4, -0.2) is 21.4 Å². The van der Waals surface area contributed by atoms with Crippen LogP contribution in [-0.2, 0) is 10.1 Å². The molecule has 0 aliphatic rings. The van der Waals surface area contributed by atoms with Crippen LogP contribution in [0.4, 0.5) is 0 Å². The van der Waals surface area contributed by atoms with E-state index in [0.29, 0.717) is 0 Å². The number of rotatable bonds is 5. The third-order valence-corrected chi connectivity index (χ3v) is 3.92. The molecule has 0 atom stereocenters. The number of nitrogens with two attached hydrogens (primary N) is 1. The zero-order valence-corrected chi connectivity index (χ0v) is 12.0. The zero-order chi connectivity index (χ0) is 15.5. The van der Waals surface area contributed by atoms with Crippen molar-refractivity contribution < 1.29 is 22.1 Å². The van der Waals surface area contributed by atoms with Gasteiger partial charge in [-0.3, -0.25) is 4.79 Å². The molecular formula is C14H13NO5S. The lowest BCUT2D eigenvalue weighted by Crippen LogP contribution is -2.17. The second-order valence-electron chi connectivity index (χ2n) is 4.05. The van der Waals surface area contributed by atoms with Crippen molar-refractivity contribution in [1.29, 1.82) is 0 Å². The molecule has 0 saturated carbocycles. The van der Waals surface area contributed by atoms with E-state index >= 15 is 0 Å². The predicted molar refractivity (Wildman–Crippen MR) is 75.8 cm³/mol. The summed E-state index contributed by atoms with van der Waals surface area (Å²) in [6.45, 7) is 0. The van der Waals surface area contributed by atoms with Crippen LogP contribution in [0.1, 0.15) is 10.4 Å². The first-order valence-electron chi connectivity index (χ1n) is 5.92. The van der Waals surface area contributed by atoms with Gasteiger partial charge in [-0.25, -0.2) is 0 Å². The summed E-state index contributed by atoms with van der Waals surface area (Å²) in [5, 5.41) is 0. The minimum Gasteiger partial charge on any atom is -0.493 e. The molecule has 0 radical (unpaired) electrons. The molecular weight excluding hydrogens is 294 g/mol. The van der Waals surface area contributed by atoms with E-state index in [4.69, 9.17) is 14.7 Å². The second kappa shape index (κ2) is 5.84. The van der Waals surface area contributed by atoms with Gasteiger partial charge in [-0.2, -0.15) is 8.42 Å². The summed E-state index contributed by atoms with van der Waals surface area (Å²) >= 11 is 0. The van der Waals surface area contributed by atoms with Crippen molar-refractivity contribution in [1.82, 2.24) is 0 Å². The smallest absolute Gasteiger partial charge is 0.339 e. The molecule has 2 aromatic carbocycles. The lowest BCUT2D eigenvalue weighted by Gasteiger charge is -2.13. The predicted octanol–water partition coefficient (Wildman–Crippen LogP) is 1.56. The average Bonchev–Trinajstić information content (AvgIpc) is 2.47. The van der Waals surface area contributed by atoms with Gasteiger partial charge in [0, 0.05) is 0 Å². The van der Waals surface area contributed by atoms with Gasteiger partial charge in [0.25, 0.3) is 5.91 Å². The van der Waals surface area contributed by atoms with Gasteiger partial charge >= 0.3 is 10.1 Å². The first kappa shape index (κ1) is 14.9. The quantitative estimate of drug-likeness (QED) is 0.846. The molecule has 0 aromatic heterocycles. The Hall–Kier alpha value is -2.54. The fourth-order valence-electron chi connectivity index (χ4n) is 1.70. The van der Waals surface area contributed by atoms with Gasteiger partial charge in [0.2, 0.25) is 0 Å². The van der Waals surface area contributed by atoms with Crippen LogP contribution in [0, 0.1) is 0 Å². The Morgan fingerprint density at radius 1 is 1.05 bits per heavy atom. The normalized spacial score (nSPS) is 10.9. The Bertz CT molecular complexity index is 756. The number of amides is 1. The second-order valence-corrected chi connectivity index (χ2v) is 5.60. The van der Waals surface area contributed by atoms with Crippen molar-refractivity contribution in [3.8, 4) is 11.5 Å². The number of benzene rings is 2. The van der Waals surface area contributed by atoms with Gasteiger partial charge < -0.3 is 14.7 Å². The van der Waals surface area contributed by atoms with Crippen molar-refractivity contribution in [2.45, 2.75) is 4.90 Å². The number of hydrogen-bond donors (Lipinski definition) is 1. The molecule has 1 amide bonds. The number of carbonyl (C=O) groups excluding carboxylic acids is 1. The summed E-state index contributed by atoms with van der Waals surface area (Å²) in [5.41, 5.74) is 5.15. The Balaban J connectivity index is 2.51. The van der Waals surface area contributed by atoms with E-state index in [0.717, 1.165) is 0 Å². The molecule has 2 aromatic rings. The summed E-state index contributed by atoms with van der Waals surface area (Å²) < 4.78 is 34.5. The van der Waals surface area contributed by atoms with Gasteiger partial charge in [-0.05, 0) is 24.3 Å². The Morgan fingerprint density at radius 3 is 2.29 bits per heavy atom. The number of primary amides is 1. The first-order valence-corrected chi connectivity index (χ1v) is 7.33. The summed E-state index contributed by atoms with van der Waals surface area (Å²) in [5.74, 6) is -0.936. The van der Waals surface area contributed by atoms with Gasteiger partial charge in [0.05, 0.1) is 12.7 Å². The van der Waals surface area contributed by atoms with Crippen molar-refractivity contribution >= 4 is 16.0 Å². The third-order valence-electron chi connectivity index (χ3n) is 2.69. The fraction of sp³-hybridized carbons (Fsp3) is 0.0714.